The summed E-state index contributed by atoms with van der Waals surface area (Å²) in [6.45, 7) is 2.50. The zero-order valence-corrected chi connectivity index (χ0v) is 13.5. The smallest absolute Gasteiger partial charge is 0.253 e. The fraction of sp³-hybridized carbons (Fsp3) is 0.105. The van der Waals surface area contributed by atoms with E-state index in [2.05, 4.69) is 10.3 Å². The summed E-state index contributed by atoms with van der Waals surface area (Å²) < 4.78 is 0. The number of halogens is 1. The van der Waals surface area contributed by atoms with Gasteiger partial charge in [-0.05, 0) is 36.2 Å². The van der Waals surface area contributed by atoms with E-state index in [0.29, 0.717) is 17.1 Å². The van der Waals surface area contributed by atoms with E-state index in [4.69, 9.17) is 11.6 Å². The van der Waals surface area contributed by atoms with Gasteiger partial charge in [-0.1, -0.05) is 54.1 Å². The van der Waals surface area contributed by atoms with Gasteiger partial charge in [-0.2, -0.15) is 0 Å². The number of rotatable bonds is 4. The van der Waals surface area contributed by atoms with Crippen LogP contribution in [0.1, 0.15) is 17.3 Å². The molecule has 0 aliphatic rings. The minimum absolute atomic E-state index is 0.0871. The quantitative estimate of drug-likeness (QED) is 0.714. The van der Waals surface area contributed by atoms with E-state index in [1.54, 1.807) is 0 Å². The minimum atomic E-state index is -0.0871. The van der Waals surface area contributed by atoms with Gasteiger partial charge in [0.15, 0.2) is 0 Å². The van der Waals surface area contributed by atoms with Gasteiger partial charge in [0.25, 0.3) is 5.91 Å². The van der Waals surface area contributed by atoms with E-state index in [9.17, 15) is 4.79 Å². The second-order valence-corrected chi connectivity index (χ2v) is 5.64. The fourth-order valence-electron chi connectivity index (χ4n) is 2.53. The van der Waals surface area contributed by atoms with Crippen LogP contribution < -0.4 is 5.32 Å². The fourth-order valence-corrected chi connectivity index (χ4v) is 2.72. The molecule has 116 valence electrons. The summed E-state index contributed by atoms with van der Waals surface area (Å²) in [5.41, 5.74) is 4.24. The van der Waals surface area contributed by atoms with Gasteiger partial charge in [-0.25, -0.2) is 0 Å². The van der Waals surface area contributed by atoms with E-state index in [1.807, 2.05) is 67.6 Å². The summed E-state index contributed by atoms with van der Waals surface area (Å²) >= 11 is 6.08. The number of hydrogen-bond acceptors (Lipinski definition) is 1. The van der Waals surface area contributed by atoms with Crippen LogP contribution in [0, 0.1) is 0 Å². The highest BCUT2D eigenvalue weighted by atomic mass is 35.5. The molecule has 3 aromatic rings. The van der Waals surface area contributed by atoms with Gasteiger partial charge in [0.05, 0.1) is 11.3 Å². The Morgan fingerprint density at radius 3 is 2.48 bits per heavy atom. The molecule has 0 saturated carbocycles. The first-order valence-corrected chi connectivity index (χ1v) is 7.89. The highest BCUT2D eigenvalue weighted by molar-refractivity contribution is 6.30. The van der Waals surface area contributed by atoms with Crippen molar-refractivity contribution in [2.45, 2.75) is 6.92 Å². The number of carbonyl (C=O) groups excluding carboxylic acids is 1. The molecule has 0 radical (unpaired) electrons. The van der Waals surface area contributed by atoms with Crippen LogP contribution in [0.2, 0.25) is 5.02 Å². The maximum absolute atomic E-state index is 12.4. The summed E-state index contributed by atoms with van der Waals surface area (Å²) in [6.07, 6.45) is 0. The van der Waals surface area contributed by atoms with E-state index in [0.717, 1.165) is 22.5 Å². The Labute approximate surface area is 140 Å². The number of hydrogen-bond donors (Lipinski definition) is 2. The molecule has 1 amide bonds. The Bertz CT molecular complexity index is 824. The molecule has 0 aliphatic carbocycles. The normalized spacial score (nSPS) is 10.5. The number of aromatic nitrogens is 1. The van der Waals surface area contributed by atoms with Crippen molar-refractivity contribution in [2.75, 3.05) is 6.54 Å². The average molecular weight is 325 g/mol. The first-order valence-electron chi connectivity index (χ1n) is 7.51. The third-order valence-electron chi connectivity index (χ3n) is 3.60. The van der Waals surface area contributed by atoms with Gasteiger partial charge >= 0.3 is 0 Å². The van der Waals surface area contributed by atoms with Gasteiger partial charge in [0.1, 0.15) is 0 Å². The summed E-state index contributed by atoms with van der Waals surface area (Å²) in [5.74, 6) is -0.0871. The predicted molar refractivity (Wildman–Crippen MR) is 94.7 cm³/mol. The van der Waals surface area contributed by atoms with Crippen molar-refractivity contribution in [2.24, 2.45) is 0 Å². The van der Waals surface area contributed by atoms with Gasteiger partial charge in [0.2, 0.25) is 0 Å². The third kappa shape index (κ3) is 3.30. The maximum atomic E-state index is 12.4. The van der Waals surface area contributed by atoms with E-state index < -0.39 is 0 Å². The molecule has 0 unspecified atom stereocenters. The van der Waals surface area contributed by atoms with Crippen LogP contribution in [-0.2, 0) is 0 Å². The Morgan fingerprint density at radius 1 is 1.04 bits per heavy atom. The van der Waals surface area contributed by atoms with Crippen molar-refractivity contribution in [3.8, 4) is 22.5 Å². The molecule has 1 heterocycles. The van der Waals surface area contributed by atoms with Gasteiger partial charge in [0, 0.05) is 17.3 Å². The monoisotopic (exact) mass is 324 g/mol. The van der Waals surface area contributed by atoms with Crippen molar-refractivity contribution < 1.29 is 4.79 Å². The molecule has 1 aromatic heterocycles. The Morgan fingerprint density at radius 2 is 1.78 bits per heavy atom. The second-order valence-electron chi connectivity index (χ2n) is 5.21. The largest absolute Gasteiger partial charge is 0.354 e. The molecule has 23 heavy (non-hydrogen) atoms. The van der Waals surface area contributed by atoms with Crippen LogP contribution in [0.3, 0.4) is 0 Å². The van der Waals surface area contributed by atoms with E-state index in [1.165, 1.54) is 0 Å². The molecular formula is C19H17ClN2O. The van der Waals surface area contributed by atoms with Crippen molar-refractivity contribution in [1.29, 1.82) is 0 Å². The summed E-state index contributed by atoms with van der Waals surface area (Å²) in [6, 6.07) is 19.3. The number of aromatic amines is 1. The number of carbonyl (C=O) groups is 1. The van der Waals surface area contributed by atoms with Gasteiger partial charge < -0.3 is 10.3 Å². The lowest BCUT2D eigenvalue weighted by atomic mass is 10.1. The van der Waals surface area contributed by atoms with E-state index >= 15 is 0 Å². The van der Waals surface area contributed by atoms with Crippen molar-refractivity contribution in [1.82, 2.24) is 10.3 Å². The Hall–Kier alpha value is -2.52. The lowest BCUT2D eigenvalue weighted by molar-refractivity contribution is 0.0956. The summed E-state index contributed by atoms with van der Waals surface area (Å²) in [5, 5.41) is 3.53. The highest BCUT2D eigenvalue weighted by Crippen LogP contribution is 2.30. The van der Waals surface area contributed by atoms with Crippen molar-refractivity contribution in [3.63, 3.8) is 0 Å². The Balaban J connectivity index is 2.12. The predicted octanol–water partition coefficient (Wildman–Crippen LogP) is 4.75. The number of nitrogens with one attached hydrogen (secondary N) is 2. The number of amides is 1. The van der Waals surface area contributed by atoms with E-state index in [-0.39, 0.29) is 5.91 Å². The van der Waals surface area contributed by atoms with Crippen LogP contribution in [0.5, 0.6) is 0 Å². The zero-order valence-electron chi connectivity index (χ0n) is 12.8. The molecule has 3 rings (SSSR count). The van der Waals surface area contributed by atoms with Crippen LogP contribution in [0.4, 0.5) is 0 Å². The molecule has 0 fully saturated rings. The molecule has 4 heteroatoms. The molecule has 2 aromatic carbocycles. The van der Waals surface area contributed by atoms with Crippen molar-refractivity contribution >= 4 is 17.5 Å². The molecule has 0 atom stereocenters. The lowest BCUT2D eigenvalue weighted by Gasteiger charge is -2.04. The van der Waals surface area contributed by atoms with Crippen LogP contribution in [0.15, 0.2) is 60.7 Å². The maximum Gasteiger partial charge on any atom is 0.253 e. The molecule has 0 aliphatic heterocycles. The van der Waals surface area contributed by atoms with Crippen LogP contribution in [-0.4, -0.2) is 17.4 Å². The first-order chi connectivity index (χ1) is 11.2. The third-order valence-corrected chi connectivity index (χ3v) is 3.83. The molecule has 0 saturated heterocycles. The summed E-state index contributed by atoms with van der Waals surface area (Å²) in [7, 11) is 0. The second kappa shape index (κ2) is 6.71. The number of H-pyrrole nitrogens is 1. The van der Waals surface area contributed by atoms with Crippen LogP contribution >= 0.6 is 11.6 Å². The molecule has 3 nitrogen and oxygen atoms in total. The molecule has 2 N–H and O–H groups in total. The minimum Gasteiger partial charge on any atom is -0.354 e. The lowest BCUT2D eigenvalue weighted by Crippen LogP contribution is -2.22. The standard InChI is InChI=1S/C19H17ClN2O/c1-2-21-19(23)16-12-17(14-9-6-10-15(20)11-14)22-18(16)13-7-4-3-5-8-13/h3-12,22H,2H2,1H3,(H,21,23). The first kappa shape index (κ1) is 15.4. The zero-order chi connectivity index (χ0) is 16.2. The number of benzene rings is 2. The Kier molecular flexibility index (Phi) is 4.49. The molecule has 0 spiro atoms. The van der Waals surface area contributed by atoms with Gasteiger partial charge in [-0.15, -0.1) is 0 Å². The molecular weight excluding hydrogens is 308 g/mol. The van der Waals surface area contributed by atoms with Crippen LogP contribution in [0.25, 0.3) is 22.5 Å². The van der Waals surface area contributed by atoms with Gasteiger partial charge in [-0.3, -0.25) is 4.79 Å². The highest BCUT2D eigenvalue weighted by Gasteiger charge is 2.17. The van der Waals surface area contributed by atoms with Crippen molar-refractivity contribution in [3.05, 3.63) is 71.2 Å². The topological polar surface area (TPSA) is 44.9 Å². The summed E-state index contributed by atoms with van der Waals surface area (Å²) in [4.78, 5) is 15.8. The molecule has 0 bridgehead atoms. The average Bonchev–Trinajstić information content (AvgIpc) is 3.01. The SMILES string of the molecule is CCNC(=O)c1cc(-c2cccc(Cl)c2)[nH]c1-c1ccccc1.